The highest BCUT2D eigenvalue weighted by Gasteiger charge is 2.23. The zero-order valence-corrected chi connectivity index (χ0v) is 10.6. The van der Waals surface area contributed by atoms with Crippen LogP contribution >= 0.6 is 11.6 Å². The molecule has 1 amide bonds. The monoisotopic (exact) mass is 252 g/mol. The minimum Gasteiger partial charge on any atom is -0.348 e. The van der Waals surface area contributed by atoms with E-state index in [1.54, 1.807) is 0 Å². The van der Waals surface area contributed by atoms with E-state index in [0.717, 1.165) is 24.9 Å². The fraction of sp³-hybridized carbons (Fsp3) is 0.462. The van der Waals surface area contributed by atoms with Gasteiger partial charge in [-0.05, 0) is 44.0 Å². The van der Waals surface area contributed by atoms with Crippen molar-refractivity contribution in [1.29, 1.82) is 0 Å². The SMILES string of the molecule is C[C@@H](NC(=O)C1CCCN1)c1cccc(Cl)c1. The highest BCUT2D eigenvalue weighted by molar-refractivity contribution is 6.30. The zero-order valence-electron chi connectivity index (χ0n) is 9.87. The average molecular weight is 253 g/mol. The van der Waals surface area contributed by atoms with E-state index in [-0.39, 0.29) is 18.0 Å². The third-order valence-corrected chi connectivity index (χ3v) is 3.32. The van der Waals surface area contributed by atoms with Crippen LogP contribution in [0.15, 0.2) is 24.3 Å². The van der Waals surface area contributed by atoms with Gasteiger partial charge in [-0.15, -0.1) is 0 Å². The molecule has 1 unspecified atom stereocenters. The highest BCUT2D eigenvalue weighted by Crippen LogP contribution is 2.17. The van der Waals surface area contributed by atoms with Gasteiger partial charge in [-0.1, -0.05) is 23.7 Å². The lowest BCUT2D eigenvalue weighted by Gasteiger charge is -2.17. The predicted octanol–water partition coefficient (Wildman–Crippen LogP) is 2.27. The Morgan fingerprint density at radius 3 is 3.06 bits per heavy atom. The standard InChI is InChI=1S/C13H17ClN2O/c1-9(10-4-2-5-11(14)8-10)16-13(17)12-6-3-7-15-12/h2,4-5,8-9,12,15H,3,6-7H2,1H3,(H,16,17)/t9-,12?/m1/s1. The molecule has 17 heavy (non-hydrogen) atoms. The van der Waals surface area contributed by atoms with Gasteiger partial charge in [0.2, 0.25) is 5.91 Å². The Bertz CT molecular complexity index is 402. The molecule has 1 saturated heterocycles. The number of benzene rings is 1. The summed E-state index contributed by atoms with van der Waals surface area (Å²) in [6.07, 6.45) is 2.00. The number of amides is 1. The van der Waals surface area contributed by atoms with Gasteiger partial charge in [0.05, 0.1) is 12.1 Å². The first-order valence-electron chi connectivity index (χ1n) is 5.96. The third kappa shape index (κ3) is 3.20. The molecular formula is C13H17ClN2O. The molecule has 1 heterocycles. The highest BCUT2D eigenvalue weighted by atomic mass is 35.5. The van der Waals surface area contributed by atoms with Crippen molar-refractivity contribution < 1.29 is 4.79 Å². The van der Waals surface area contributed by atoms with Crippen molar-refractivity contribution in [2.75, 3.05) is 6.54 Å². The second-order valence-corrected chi connectivity index (χ2v) is 4.87. The maximum atomic E-state index is 11.9. The van der Waals surface area contributed by atoms with Crippen LogP contribution in [0, 0.1) is 0 Å². The first-order valence-corrected chi connectivity index (χ1v) is 6.34. The van der Waals surface area contributed by atoms with Crippen molar-refractivity contribution in [3.05, 3.63) is 34.9 Å². The number of hydrogen-bond acceptors (Lipinski definition) is 2. The van der Waals surface area contributed by atoms with Gasteiger partial charge in [0, 0.05) is 5.02 Å². The summed E-state index contributed by atoms with van der Waals surface area (Å²) >= 11 is 5.93. The largest absolute Gasteiger partial charge is 0.348 e. The van der Waals surface area contributed by atoms with E-state index in [1.165, 1.54) is 0 Å². The molecule has 1 aromatic carbocycles. The topological polar surface area (TPSA) is 41.1 Å². The van der Waals surface area contributed by atoms with E-state index in [2.05, 4.69) is 10.6 Å². The van der Waals surface area contributed by atoms with Crippen LogP contribution in [-0.2, 0) is 4.79 Å². The van der Waals surface area contributed by atoms with Crippen molar-refractivity contribution in [2.45, 2.75) is 31.8 Å². The number of hydrogen-bond donors (Lipinski definition) is 2. The van der Waals surface area contributed by atoms with Gasteiger partial charge in [-0.25, -0.2) is 0 Å². The summed E-state index contributed by atoms with van der Waals surface area (Å²) in [5.41, 5.74) is 1.03. The van der Waals surface area contributed by atoms with Crippen LogP contribution < -0.4 is 10.6 Å². The molecule has 0 spiro atoms. The van der Waals surface area contributed by atoms with Crippen LogP contribution in [0.3, 0.4) is 0 Å². The Hall–Kier alpha value is -1.06. The number of nitrogens with one attached hydrogen (secondary N) is 2. The van der Waals surface area contributed by atoms with E-state index in [0.29, 0.717) is 5.02 Å². The van der Waals surface area contributed by atoms with Crippen LogP contribution in [0.2, 0.25) is 5.02 Å². The van der Waals surface area contributed by atoms with Gasteiger partial charge in [0.25, 0.3) is 0 Å². The molecule has 1 aromatic rings. The van der Waals surface area contributed by atoms with Gasteiger partial charge in [0.1, 0.15) is 0 Å². The molecule has 2 rings (SSSR count). The van der Waals surface area contributed by atoms with Crippen molar-refractivity contribution in [3.63, 3.8) is 0 Å². The number of rotatable bonds is 3. The zero-order chi connectivity index (χ0) is 12.3. The lowest BCUT2D eigenvalue weighted by atomic mass is 10.1. The van der Waals surface area contributed by atoms with E-state index in [1.807, 2.05) is 31.2 Å². The molecule has 1 fully saturated rings. The van der Waals surface area contributed by atoms with E-state index in [9.17, 15) is 4.79 Å². The fourth-order valence-electron chi connectivity index (χ4n) is 2.08. The van der Waals surface area contributed by atoms with Crippen LogP contribution in [-0.4, -0.2) is 18.5 Å². The quantitative estimate of drug-likeness (QED) is 0.867. The Morgan fingerprint density at radius 2 is 2.41 bits per heavy atom. The summed E-state index contributed by atoms with van der Waals surface area (Å²) in [4.78, 5) is 11.9. The number of halogens is 1. The van der Waals surface area contributed by atoms with E-state index < -0.39 is 0 Å². The van der Waals surface area contributed by atoms with E-state index in [4.69, 9.17) is 11.6 Å². The van der Waals surface area contributed by atoms with Gasteiger partial charge >= 0.3 is 0 Å². The maximum Gasteiger partial charge on any atom is 0.237 e. The fourth-order valence-corrected chi connectivity index (χ4v) is 2.28. The molecule has 92 valence electrons. The normalized spacial score (nSPS) is 21.2. The molecule has 1 aliphatic rings. The molecule has 0 aromatic heterocycles. The maximum absolute atomic E-state index is 11.9. The number of carbonyl (C=O) groups excluding carboxylic acids is 1. The number of carbonyl (C=O) groups is 1. The Balaban J connectivity index is 1.96. The van der Waals surface area contributed by atoms with Gasteiger partial charge in [-0.3, -0.25) is 4.79 Å². The van der Waals surface area contributed by atoms with Crippen LogP contribution in [0.4, 0.5) is 0 Å². The summed E-state index contributed by atoms with van der Waals surface area (Å²) in [5.74, 6) is 0.0787. The average Bonchev–Trinajstić information content (AvgIpc) is 2.82. The van der Waals surface area contributed by atoms with Crippen molar-refractivity contribution in [3.8, 4) is 0 Å². The smallest absolute Gasteiger partial charge is 0.237 e. The molecule has 0 bridgehead atoms. The summed E-state index contributed by atoms with van der Waals surface area (Å²) in [6, 6.07) is 7.54. The van der Waals surface area contributed by atoms with Crippen molar-refractivity contribution in [1.82, 2.24) is 10.6 Å². The Labute approximate surface area is 107 Å². The van der Waals surface area contributed by atoms with Gasteiger partial charge < -0.3 is 10.6 Å². The van der Waals surface area contributed by atoms with Gasteiger partial charge in [0.15, 0.2) is 0 Å². The lowest BCUT2D eigenvalue weighted by molar-refractivity contribution is -0.123. The molecule has 0 radical (unpaired) electrons. The Morgan fingerprint density at radius 1 is 1.59 bits per heavy atom. The molecular weight excluding hydrogens is 236 g/mol. The molecule has 3 nitrogen and oxygen atoms in total. The lowest BCUT2D eigenvalue weighted by Crippen LogP contribution is -2.41. The minimum absolute atomic E-state index is 0.0106. The molecule has 0 aliphatic carbocycles. The van der Waals surface area contributed by atoms with Crippen LogP contribution in [0.1, 0.15) is 31.4 Å². The van der Waals surface area contributed by atoms with Gasteiger partial charge in [-0.2, -0.15) is 0 Å². The summed E-state index contributed by atoms with van der Waals surface area (Å²) in [5, 5.41) is 6.89. The van der Waals surface area contributed by atoms with E-state index >= 15 is 0 Å². The second-order valence-electron chi connectivity index (χ2n) is 4.43. The van der Waals surface area contributed by atoms with Crippen molar-refractivity contribution in [2.24, 2.45) is 0 Å². The summed E-state index contributed by atoms with van der Waals surface area (Å²) in [7, 11) is 0. The summed E-state index contributed by atoms with van der Waals surface area (Å²) in [6.45, 7) is 2.90. The first-order chi connectivity index (χ1) is 8.16. The first kappa shape index (κ1) is 12.4. The molecule has 1 aliphatic heterocycles. The molecule has 0 saturated carbocycles. The minimum atomic E-state index is -0.0309. The second kappa shape index (κ2) is 5.52. The molecule has 2 N–H and O–H groups in total. The summed E-state index contributed by atoms with van der Waals surface area (Å²) < 4.78 is 0. The van der Waals surface area contributed by atoms with Crippen LogP contribution in [0.25, 0.3) is 0 Å². The third-order valence-electron chi connectivity index (χ3n) is 3.08. The predicted molar refractivity (Wildman–Crippen MR) is 69.0 cm³/mol. The molecule has 2 atom stereocenters. The molecule has 4 heteroatoms. The Kier molecular flexibility index (Phi) is 4.02. The van der Waals surface area contributed by atoms with Crippen molar-refractivity contribution >= 4 is 17.5 Å². The van der Waals surface area contributed by atoms with Crippen LogP contribution in [0.5, 0.6) is 0 Å².